The summed E-state index contributed by atoms with van der Waals surface area (Å²) in [6.07, 6.45) is 12.8. The van der Waals surface area contributed by atoms with Crippen molar-refractivity contribution in [3.63, 3.8) is 0 Å². The Kier molecular flexibility index (Phi) is 10.00. The first kappa shape index (κ1) is 27.0. The van der Waals surface area contributed by atoms with Gasteiger partial charge in [-0.15, -0.1) is 0 Å². The van der Waals surface area contributed by atoms with Crippen LogP contribution in [-0.2, 0) is 23.9 Å². The molecule has 8 nitrogen and oxygen atoms in total. The van der Waals surface area contributed by atoms with Gasteiger partial charge in [-0.1, -0.05) is 60.7 Å². The van der Waals surface area contributed by atoms with Crippen LogP contribution in [0.3, 0.4) is 0 Å². The van der Waals surface area contributed by atoms with Crippen molar-refractivity contribution in [1.29, 1.82) is 0 Å². The fourth-order valence-corrected chi connectivity index (χ4v) is 6.06. The predicted octanol–water partition coefficient (Wildman–Crippen LogP) is 2.75. The highest BCUT2D eigenvalue weighted by Crippen LogP contribution is 2.26. The normalized spacial score (nSPS) is 24.6. The van der Waals surface area contributed by atoms with Gasteiger partial charge in [-0.2, -0.15) is 11.8 Å². The Bertz CT molecular complexity index is 1030. The smallest absolute Gasteiger partial charge is 0.352 e. The van der Waals surface area contributed by atoms with Crippen molar-refractivity contribution in [2.24, 2.45) is 5.92 Å². The van der Waals surface area contributed by atoms with E-state index in [1.165, 1.54) is 11.8 Å². The lowest BCUT2D eigenvalue weighted by molar-refractivity contribution is -0.135. The first-order valence-electron chi connectivity index (χ1n) is 11.4. The van der Waals surface area contributed by atoms with Crippen LogP contribution in [0.5, 0.6) is 0 Å². The molecule has 0 aromatic carbocycles. The zero-order valence-corrected chi connectivity index (χ0v) is 21.4. The number of ether oxygens (including phenoxy) is 1. The number of methoxy groups -OCH3 is 1. The Balaban J connectivity index is 1.62. The van der Waals surface area contributed by atoms with Crippen LogP contribution in [0, 0.1) is 5.92 Å². The summed E-state index contributed by atoms with van der Waals surface area (Å²) in [6.45, 7) is 1.98. The average Bonchev–Trinajstić information content (AvgIpc) is 2.84. The van der Waals surface area contributed by atoms with Crippen LogP contribution in [-0.4, -0.2) is 64.5 Å². The number of thioether (sulfide) groups is 2. The van der Waals surface area contributed by atoms with Crippen LogP contribution in [0.1, 0.15) is 26.2 Å². The van der Waals surface area contributed by atoms with E-state index in [0.717, 1.165) is 23.8 Å². The number of rotatable bonds is 8. The van der Waals surface area contributed by atoms with Crippen LogP contribution < -0.4 is 10.6 Å². The SMILES string of the molecule is COC1C=CC=C(CC(=O)NC2CSCC(CSC(=O)C3=CC=CCC3)=C(C(=O)O)NC2=O)C1C. The van der Waals surface area contributed by atoms with Gasteiger partial charge >= 0.3 is 5.97 Å². The van der Waals surface area contributed by atoms with Crippen LogP contribution >= 0.6 is 23.5 Å². The Morgan fingerprint density at radius 1 is 1.29 bits per heavy atom. The number of hydrogen-bond donors (Lipinski definition) is 3. The van der Waals surface area contributed by atoms with E-state index in [-0.39, 0.29) is 46.7 Å². The van der Waals surface area contributed by atoms with Gasteiger partial charge in [0.25, 0.3) is 0 Å². The number of aliphatic carboxylic acids is 1. The summed E-state index contributed by atoms with van der Waals surface area (Å²) < 4.78 is 5.41. The maximum atomic E-state index is 12.8. The highest BCUT2D eigenvalue weighted by atomic mass is 32.2. The summed E-state index contributed by atoms with van der Waals surface area (Å²) in [7, 11) is 1.62. The molecule has 3 N–H and O–H groups in total. The third-order valence-corrected chi connectivity index (χ3v) is 8.15. The largest absolute Gasteiger partial charge is 0.477 e. The van der Waals surface area contributed by atoms with Gasteiger partial charge in [0, 0.05) is 42.3 Å². The van der Waals surface area contributed by atoms with Gasteiger partial charge in [-0.25, -0.2) is 4.79 Å². The summed E-state index contributed by atoms with van der Waals surface area (Å²) in [5.41, 5.74) is 1.85. The maximum Gasteiger partial charge on any atom is 0.352 e. The van der Waals surface area contributed by atoms with Gasteiger partial charge in [0.15, 0.2) is 0 Å². The van der Waals surface area contributed by atoms with Gasteiger partial charge in [0.2, 0.25) is 16.9 Å². The fraction of sp³-hybridized carbons (Fsp3) is 0.440. The molecule has 188 valence electrons. The molecule has 3 atom stereocenters. The third kappa shape index (κ3) is 7.46. The minimum absolute atomic E-state index is 0.0287. The lowest BCUT2D eigenvalue weighted by Gasteiger charge is -2.26. The van der Waals surface area contributed by atoms with Crippen molar-refractivity contribution in [2.45, 2.75) is 38.3 Å². The molecular formula is C25H30N2O6S2. The number of allylic oxidation sites excluding steroid dienone is 5. The van der Waals surface area contributed by atoms with Crippen LogP contribution in [0.4, 0.5) is 0 Å². The molecule has 35 heavy (non-hydrogen) atoms. The molecule has 3 rings (SSSR count). The number of carboxylic acid groups (broad SMARTS) is 1. The van der Waals surface area contributed by atoms with E-state index in [4.69, 9.17) is 4.74 Å². The lowest BCUT2D eigenvalue weighted by atomic mass is 9.88. The minimum atomic E-state index is -1.27. The van der Waals surface area contributed by atoms with Crippen molar-refractivity contribution in [3.05, 3.63) is 58.9 Å². The minimum Gasteiger partial charge on any atom is -0.477 e. The quantitative estimate of drug-likeness (QED) is 0.449. The topological polar surface area (TPSA) is 122 Å². The summed E-state index contributed by atoms with van der Waals surface area (Å²) in [5.74, 6) is -1.35. The van der Waals surface area contributed by atoms with Crippen LogP contribution in [0.25, 0.3) is 0 Å². The summed E-state index contributed by atoms with van der Waals surface area (Å²) in [5, 5.41) is 14.8. The van der Waals surface area contributed by atoms with E-state index < -0.39 is 17.9 Å². The van der Waals surface area contributed by atoms with Crippen molar-refractivity contribution in [1.82, 2.24) is 10.6 Å². The second kappa shape index (κ2) is 12.9. The molecule has 3 unspecified atom stereocenters. The zero-order chi connectivity index (χ0) is 25.4. The van der Waals surface area contributed by atoms with Gasteiger partial charge in [0.1, 0.15) is 11.7 Å². The van der Waals surface area contributed by atoms with Crippen molar-refractivity contribution < 1.29 is 29.0 Å². The van der Waals surface area contributed by atoms with Crippen molar-refractivity contribution in [2.75, 3.05) is 24.4 Å². The first-order valence-corrected chi connectivity index (χ1v) is 13.5. The Hall–Kier alpha value is -2.56. The van der Waals surface area contributed by atoms with E-state index in [9.17, 15) is 24.3 Å². The molecule has 0 bridgehead atoms. The Morgan fingerprint density at radius 3 is 2.77 bits per heavy atom. The highest BCUT2D eigenvalue weighted by molar-refractivity contribution is 8.14. The van der Waals surface area contributed by atoms with Gasteiger partial charge in [0.05, 0.1) is 6.10 Å². The second-order valence-corrected chi connectivity index (χ2v) is 10.4. The number of carbonyl (C=O) groups excluding carboxylic acids is 3. The van der Waals surface area contributed by atoms with E-state index in [1.807, 2.05) is 37.3 Å². The molecule has 2 aliphatic carbocycles. The molecule has 0 aromatic rings. The molecular weight excluding hydrogens is 488 g/mol. The molecule has 1 heterocycles. The number of nitrogens with one attached hydrogen (secondary N) is 2. The number of hydrogen-bond acceptors (Lipinski definition) is 7. The van der Waals surface area contributed by atoms with Crippen LogP contribution in [0.2, 0.25) is 0 Å². The molecule has 3 aliphatic rings. The molecule has 1 aliphatic heterocycles. The molecule has 10 heteroatoms. The monoisotopic (exact) mass is 518 g/mol. The summed E-state index contributed by atoms with van der Waals surface area (Å²) >= 11 is 2.40. The lowest BCUT2D eigenvalue weighted by Crippen LogP contribution is -2.50. The number of carboxylic acids is 1. The molecule has 0 saturated carbocycles. The molecule has 0 radical (unpaired) electrons. The zero-order valence-electron chi connectivity index (χ0n) is 19.7. The fourth-order valence-electron chi connectivity index (χ4n) is 3.94. The molecule has 0 spiro atoms. The average molecular weight is 519 g/mol. The van der Waals surface area contributed by atoms with E-state index >= 15 is 0 Å². The molecule has 2 amide bonds. The first-order chi connectivity index (χ1) is 16.8. The highest BCUT2D eigenvalue weighted by Gasteiger charge is 2.29. The summed E-state index contributed by atoms with van der Waals surface area (Å²) in [6, 6.07) is -0.870. The Labute approximate surface area is 213 Å². The van der Waals surface area contributed by atoms with E-state index in [1.54, 1.807) is 13.2 Å². The maximum absolute atomic E-state index is 12.8. The van der Waals surface area contributed by atoms with Crippen molar-refractivity contribution in [3.8, 4) is 0 Å². The standard InChI is InChI=1S/C25H30N2O6S2/c1-15-17(9-6-10-20(15)33-2)11-21(28)26-19-14-34-12-18(22(24(30)31)27-23(19)29)13-35-25(32)16-7-4-3-5-8-16/h3-4,6-7,9-10,15,19-20H,5,8,11-14H2,1-2H3,(H,26,28)(H,27,29)(H,30,31). The van der Waals surface area contributed by atoms with Gasteiger partial charge < -0.3 is 20.5 Å². The number of carbonyl (C=O) groups is 4. The van der Waals surface area contributed by atoms with Gasteiger partial charge in [-0.05, 0) is 18.4 Å². The molecule has 0 fully saturated rings. The molecule has 0 aromatic heterocycles. The van der Waals surface area contributed by atoms with E-state index in [2.05, 4.69) is 10.6 Å². The van der Waals surface area contributed by atoms with Gasteiger partial charge in [-0.3, -0.25) is 14.4 Å². The third-order valence-electron chi connectivity index (χ3n) is 6.01. The molecule has 0 saturated heterocycles. The second-order valence-electron chi connectivity index (χ2n) is 8.44. The van der Waals surface area contributed by atoms with E-state index in [0.29, 0.717) is 23.3 Å². The van der Waals surface area contributed by atoms with Crippen LogP contribution in [0.15, 0.2) is 58.9 Å². The predicted molar refractivity (Wildman–Crippen MR) is 138 cm³/mol. The summed E-state index contributed by atoms with van der Waals surface area (Å²) in [4.78, 5) is 49.9. The Morgan fingerprint density at radius 2 is 2.09 bits per heavy atom. The van der Waals surface area contributed by atoms with Crippen molar-refractivity contribution >= 4 is 46.4 Å². The number of amides is 2.